The molecule has 1 atom stereocenters. The van der Waals surface area contributed by atoms with Crippen molar-refractivity contribution in [1.82, 2.24) is 4.31 Å². The van der Waals surface area contributed by atoms with Gasteiger partial charge in [0.2, 0.25) is 10.0 Å². The van der Waals surface area contributed by atoms with E-state index in [1.54, 1.807) is 4.31 Å². The highest BCUT2D eigenvalue weighted by atomic mass is 32.2. The van der Waals surface area contributed by atoms with Crippen LogP contribution in [0.25, 0.3) is 0 Å². The first-order chi connectivity index (χ1) is 9.51. The molecule has 20 heavy (non-hydrogen) atoms. The molecule has 5 nitrogen and oxygen atoms in total. The molecule has 118 valence electrons. The van der Waals surface area contributed by atoms with E-state index >= 15 is 0 Å². The van der Waals surface area contributed by atoms with Crippen molar-refractivity contribution in [2.45, 2.75) is 45.6 Å². The number of nitrogens with zero attached hydrogens (tertiary/aromatic N) is 1. The minimum absolute atomic E-state index is 0.181. The molecular formula is C14H27NO4S. The molecule has 2 aliphatic heterocycles. The van der Waals surface area contributed by atoms with Crippen molar-refractivity contribution in [3.63, 3.8) is 0 Å². The normalized spacial score (nSPS) is 27.2. The number of sulfonamides is 1. The van der Waals surface area contributed by atoms with Gasteiger partial charge in [0.15, 0.2) is 0 Å². The maximum Gasteiger partial charge on any atom is 0.214 e. The lowest BCUT2D eigenvalue weighted by Crippen LogP contribution is -2.44. The molecule has 0 aromatic heterocycles. The van der Waals surface area contributed by atoms with Gasteiger partial charge in [-0.15, -0.1) is 0 Å². The number of rotatable bonds is 6. The van der Waals surface area contributed by atoms with Crippen LogP contribution in [-0.2, 0) is 19.5 Å². The SMILES string of the molecule is CCCS(=O)(=O)N1CCC2(CC1)CO[C@H](COCC)C2. The minimum Gasteiger partial charge on any atom is -0.379 e. The van der Waals surface area contributed by atoms with Gasteiger partial charge in [0.05, 0.1) is 25.1 Å². The summed E-state index contributed by atoms with van der Waals surface area (Å²) in [6.45, 7) is 7.33. The summed E-state index contributed by atoms with van der Waals surface area (Å²) >= 11 is 0. The van der Waals surface area contributed by atoms with Crippen molar-refractivity contribution in [1.29, 1.82) is 0 Å². The summed E-state index contributed by atoms with van der Waals surface area (Å²) in [5.41, 5.74) is 0.181. The smallest absolute Gasteiger partial charge is 0.214 e. The summed E-state index contributed by atoms with van der Waals surface area (Å²) < 4.78 is 37.1. The third kappa shape index (κ3) is 3.72. The molecule has 0 amide bonds. The van der Waals surface area contributed by atoms with Gasteiger partial charge in [-0.1, -0.05) is 6.92 Å². The van der Waals surface area contributed by atoms with E-state index in [1.165, 1.54) is 0 Å². The van der Waals surface area contributed by atoms with Crippen LogP contribution in [0.1, 0.15) is 39.5 Å². The highest BCUT2D eigenvalue weighted by molar-refractivity contribution is 7.89. The van der Waals surface area contributed by atoms with Crippen molar-refractivity contribution < 1.29 is 17.9 Å². The van der Waals surface area contributed by atoms with Gasteiger partial charge in [-0.25, -0.2) is 12.7 Å². The maximum absolute atomic E-state index is 12.1. The van der Waals surface area contributed by atoms with Crippen LogP contribution in [0, 0.1) is 5.41 Å². The van der Waals surface area contributed by atoms with E-state index in [1.807, 2.05) is 13.8 Å². The second-order valence-corrected chi connectivity index (χ2v) is 8.10. The third-order valence-corrected chi connectivity index (χ3v) is 6.51. The molecule has 0 bridgehead atoms. The second kappa shape index (κ2) is 6.73. The summed E-state index contributed by atoms with van der Waals surface area (Å²) in [5.74, 6) is 0.267. The Kier molecular flexibility index (Phi) is 5.45. The Morgan fingerprint density at radius 2 is 2.00 bits per heavy atom. The van der Waals surface area contributed by atoms with Gasteiger partial charge in [-0.3, -0.25) is 0 Å². The zero-order valence-electron chi connectivity index (χ0n) is 12.6. The van der Waals surface area contributed by atoms with Crippen LogP contribution in [0.2, 0.25) is 0 Å². The van der Waals surface area contributed by atoms with Gasteiger partial charge in [0.25, 0.3) is 0 Å². The van der Waals surface area contributed by atoms with Gasteiger partial charge in [0.1, 0.15) is 0 Å². The highest BCUT2D eigenvalue weighted by Crippen LogP contribution is 2.42. The van der Waals surface area contributed by atoms with Crippen LogP contribution in [0.4, 0.5) is 0 Å². The number of ether oxygens (including phenoxy) is 2. The molecule has 2 heterocycles. The lowest BCUT2D eigenvalue weighted by Gasteiger charge is -2.37. The number of hydrogen-bond acceptors (Lipinski definition) is 4. The minimum atomic E-state index is -3.04. The van der Waals surface area contributed by atoms with Crippen LogP contribution < -0.4 is 0 Å². The molecule has 0 aromatic rings. The molecule has 2 fully saturated rings. The predicted molar refractivity (Wildman–Crippen MR) is 78.2 cm³/mol. The lowest BCUT2D eigenvalue weighted by molar-refractivity contribution is 0.0173. The number of piperidine rings is 1. The third-order valence-electron chi connectivity index (χ3n) is 4.43. The largest absolute Gasteiger partial charge is 0.379 e. The molecule has 0 N–H and O–H groups in total. The first kappa shape index (κ1) is 16.2. The summed E-state index contributed by atoms with van der Waals surface area (Å²) in [4.78, 5) is 0. The summed E-state index contributed by atoms with van der Waals surface area (Å²) in [7, 11) is -3.04. The van der Waals surface area contributed by atoms with Gasteiger partial charge in [-0.05, 0) is 38.0 Å². The highest BCUT2D eigenvalue weighted by Gasteiger charge is 2.43. The summed E-state index contributed by atoms with van der Waals surface area (Å²) in [5, 5.41) is 0. The Bertz CT molecular complexity index is 401. The van der Waals surface area contributed by atoms with Crippen LogP contribution in [0.15, 0.2) is 0 Å². The Morgan fingerprint density at radius 1 is 1.30 bits per heavy atom. The quantitative estimate of drug-likeness (QED) is 0.748. The zero-order chi connectivity index (χ0) is 14.6. The van der Waals surface area contributed by atoms with Crippen LogP contribution in [0.5, 0.6) is 0 Å². The number of hydrogen-bond donors (Lipinski definition) is 0. The van der Waals surface area contributed by atoms with E-state index in [0.717, 1.165) is 32.5 Å². The van der Waals surface area contributed by atoms with E-state index in [0.29, 0.717) is 26.1 Å². The monoisotopic (exact) mass is 305 g/mol. The molecule has 1 spiro atoms. The van der Waals surface area contributed by atoms with Gasteiger partial charge < -0.3 is 9.47 Å². The first-order valence-electron chi connectivity index (χ1n) is 7.68. The maximum atomic E-state index is 12.1. The average molecular weight is 305 g/mol. The molecule has 2 saturated heterocycles. The second-order valence-electron chi connectivity index (χ2n) is 6.01. The Morgan fingerprint density at radius 3 is 2.60 bits per heavy atom. The topological polar surface area (TPSA) is 55.8 Å². The van der Waals surface area contributed by atoms with E-state index in [4.69, 9.17) is 9.47 Å². The van der Waals surface area contributed by atoms with Crippen LogP contribution >= 0.6 is 0 Å². The van der Waals surface area contributed by atoms with Gasteiger partial charge >= 0.3 is 0 Å². The molecule has 0 aliphatic carbocycles. The Balaban J connectivity index is 1.85. The predicted octanol–water partition coefficient (Wildman–Crippen LogP) is 1.63. The molecule has 2 aliphatic rings. The van der Waals surface area contributed by atoms with E-state index in [2.05, 4.69) is 0 Å². The van der Waals surface area contributed by atoms with E-state index in [-0.39, 0.29) is 17.3 Å². The fraction of sp³-hybridized carbons (Fsp3) is 1.00. The van der Waals surface area contributed by atoms with E-state index < -0.39 is 10.0 Å². The van der Waals surface area contributed by atoms with Crippen LogP contribution in [-0.4, -0.2) is 57.5 Å². The van der Waals surface area contributed by atoms with Gasteiger partial charge in [0, 0.05) is 19.7 Å². The van der Waals surface area contributed by atoms with Gasteiger partial charge in [-0.2, -0.15) is 0 Å². The Labute approximate surface area is 122 Å². The molecular weight excluding hydrogens is 278 g/mol. The van der Waals surface area contributed by atoms with Crippen LogP contribution in [0.3, 0.4) is 0 Å². The average Bonchev–Trinajstić information content (AvgIpc) is 2.80. The van der Waals surface area contributed by atoms with Crippen molar-refractivity contribution >= 4 is 10.0 Å². The molecule has 0 radical (unpaired) electrons. The molecule has 0 aromatic carbocycles. The molecule has 2 rings (SSSR count). The van der Waals surface area contributed by atoms with E-state index in [9.17, 15) is 8.42 Å². The molecule has 6 heteroatoms. The summed E-state index contributed by atoms with van der Waals surface area (Å²) in [6.07, 6.45) is 3.71. The van der Waals surface area contributed by atoms with Crippen molar-refractivity contribution in [3.05, 3.63) is 0 Å². The summed E-state index contributed by atoms with van der Waals surface area (Å²) in [6, 6.07) is 0. The van der Waals surface area contributed by atoms with Crippen molar-refractivity contribution in [3.8, 4) is 0 Å². The fourth-order valence-corrected chi connectivity index (χ4v) is 4.74. The molecule has 0 saturated carbocycles. The lowest BCUT2D eigenvalue weighted by atomic mass is 9.77. The Hall–Kier alpha value is -0.170. The van der Waals surface area contributed by atoms with Crippen molar-refractivity contribution in [2.75, 3.05) is 38.7 Å². The standard InChI is InChI=1S/C14H27NO4S/c1-3-9-20(16,17)15-7-5-14(6-8-15)10-13(19-12-14)11-18-4-2/h13H,3-12H2,1-2H3/t13-/m0/s1. The zero-order valence-corrected chi connectivity index (χ0v) is 13.5. The molecule has 0 unspecified atom stereocenters. The fourth-order valence-electron chi connectivity index (χ4n) is 3.23. The first-order valence-corrected chi connectivity index (χ1v) is 9.29. The van der Waals surface area contributed by atoms with Crippen molar-refractivity contribution in [2.24, 2.45) is 5.41 Å².